The Morgan fingerprint density at radius 1 is 1.50 bits per heavy atom. The zero-order chi connectivity index (χ0) is 13.1. The number of hydrogen-bond donors (Lipinski definition) is 1. The van der Waals surface area contributed by atoms with Gasteiger partial charge in [-0.3, -0.25) is 0 Å². The van der Waals surface area contributed by atoms with Gasteiger partial charge in [0.2, 0.25) is 0 Å². The second kappa shape index (κ2) is 5.46. The molecule has 0 radical (unpaired) electrons. The molecule has 0 amide bonds. The molecule has 1 heterocycles. The van der Waals surface area contributed by atoms with E-state index in [4.69, 9.17) is 10.5 Å². The number of ether oxygens (including phenoxy) is 1. The first-order valence-electron chi connectivity index (χ1n) is 5.75. The summed E-state index contributed by atoms with van der Waals surface area (Å²) < 4.78 is 18.8. The molecule has 0 spiro atoms. The number of nitrogens with two attached hydrogens (primary N) is 1. The van der Waals surface area contributed by atoms with Gasteiger partial charge in [-0.1, -0.05) is 0 Å². The fourth-order valence-corrected chi connectivity index (χ4v) is 2.38. The Balaban J connectivity index is 2.44. The van der Waals surface area contributed by atoms with Crippen molar-refractivity contribution in [3.63, 3.8) is 0 Å². The van der Waals surface area contributed by atoms with Crippen LogP contribution in [0.15, 0.2) is 23.6 Å². The Morgan fingerprint density at radius 3 is 2.89 bits per heavy atom. The first-order chi connectivity index (χ1) is 8.61. The molecule has 0 aliphatic carbocycles. The van der Waals surface area contributed by atoms with Crippen LogP contribution >= 0.6 is 11.3 Å². The molecule has 1 aromatic carbocycles. The first-order valence-corrected chi connectivity index (χ1v) is 6.63. The molecule has 5 heteroatoms. The molecule has 0 aliphatic rings. The monoisotopic (exact) mass is 266 g/mol. The van der Waals surface area contributed by atoms with Gasteiger partial charge in [0.25, 0.3) is 0 Å². The highest BCUT2D eigenvalue weighted by atomic mass is 32.1. The van der Waals surface area contributed by atoms with Crippen LogP contribution in [0.5, 0.6) is 5.75 Å². The van der Waals surface area contributed by atoms with Crippen molar-refractivity contribution in [2.75, 3.05) is 6.61 Å². The standard InChI is InChI=1S/C13H15FN2OS/c1-3-17-12-5-4-9(14)6-10(12)11-7-18-13(16-11)8(2)15/h4-8H,3,15H2,1-2H3. The molecule has 1 atom stereocenters. The van der Waals surface area contributed by atoms with Crippen LogP contribution in [0.4, 0.5) is 4.39 Å². The highest BCUT2D eigenvalue weighted by molar-refractivity contribution is 7.10. The summed E-state index contributed by atoms with van der Waals surface area (Å²) >= 11 is 1.47. The third-order valence-corrected chi connectivity index (χ3v) is 3.47. The van der Waals surface area contributed by atoms with Crippen molar-refractivity contribution in [3.05, 3.63) is 34.4 Å². The third-order valence-electron chi connectivity index (χ3n) is 2.43. The molecular formula is C13H15FN2OS. The molecule has 0 bridgehead atoms. The summed E-state index contributed by atoms with van der Waals surface area (Å²) in [5, 5.41) is 2.70. The van der Waals surface area contributed by atoms with Crippen LogP contribution in [0.25, 0.3) is 11.3 Å². The molecule has 3 nitrogen and oxygen atoms in total. The minimum atomic E-state index is -0.302. The van der Waals surface area contributed by atoms with Crippen LogP contribution in [0.1, 0.15) is 24.9 Å². The third kappa shape index (κ3) is 2.68. The zero-order valence-corrected chi connectivity index (χ0v) is 11.1. The lowest BCUT2D eigenvalue weighted by Crippen LogP contribution is -2.04. The van der Waals surface area contributed by atoms with E-state index in [1.807, 2.05) is 19.2 Å². The second-order valence-electron chi connectivity index (χ2n) is 3.93. The molecule has 1 unspecified atom stereocenters. The number of rotatable bonds is 4. The van der Waals surface area contributed by atoms with Crippen molar-refractivity contribution in [2.45, 2.75) is 19.9 Å². The van der Waals surface area contributed by atoms with Gasteiger partial charge in [-0.05, 0) is 32.0 Å². The van der Waals surface area contributed by atoms with Crippen molar-refractivity contribution in [1.82, 2.24) is 4.98 Å². The van der Waals surface area contributed by atoms with E-state index in [2.05, 4.69) is 4.98 Å². The van der Waals surface area contributed by atoms with Gasteiger partial charge in [0, 0.05) is 10.9 Å². The number of hydrogen-bond acceptors (Lipinski definition) is 4. The summed E-state index contributed by atoms with van der Waals surface area (Å²) in [4.78, 5) is 4.41. The van der Waals surface area contributed by atoms with Crippen LogP contribution < -0.4 is 10.5 Å². The summed E-state index contributed by atoms with van der Waals surface area (Å²) in [5.41, 5.74) is 7.14. The summed E-state index contributed by atoms with van der Waals surface area (Å²) in [6.07, 6.45) is 0. The van der Waals surface area contributed by atoms with E-state index in [9.17, 15) is 4.39 Å². The lowest BCUT2D eigenvalue weighted by Gasteiger charge is -2.08. The second-order valence-corrected chi connectivity index (χ2v) is 4.82. The largest absolute Gasteiger partial charge is 0.493 e. The van der Waals surface area contributed by atoms with Crippen LogP contribution in [-0.4, -0.2) is 11.6 Å². The average Bonchev–Trinajstić information content (AvgIpc) is 2.81. The molecule has 2 rings (SSSR count). The summed E-state index contributed by atoms with van der Waals surface area (Å²) in [6, 6.07) is 4.32. The van der Waals surface area contributed by atoms with Crippen LogP contribution in [-0.2, 0) is 0 Å². The molecule has 2 N–H and O–H groups in total. The maximum absolute atomic E-state index is 13.3. The topological polar surface area (TPSA) is 48.1 Å². The zero-order valence-electron chi connectivity index (χ0n) is 10.3. The summed E-state index contributed by atoms with van der Waals surface area (Å²) in [5.74, 6) is 0.337. The molecule has 0 fully saturated rings. The van der Waals surface area contributed by atoms with E-state index >= 15 is 0 Å². The van der Waals surface area contributed by atoms with E-state index < -0.39 is 0 Å². The smallest absolute Gasteiger partial charge is 0.128 e. The van der Waals surface area contributed by atoms with Gasteiger partial charge in [0.15, 0.2) is 0 Å². The molecule has 0 saturated heterocycles. The summed E-state index contributed by atoms with van der Waals surface area (Å²) in [6.45, 7) is 4.29. The van der Waals surface area contributed by atoms with Gasteiger partial charge >= 0.3 is 0 Å². The van der Waals surface area contributed by atoms with E-state index in [0.29, 0.717) is 23.6 Å². The number of nitrogens with zero attached hydrogens (tertiary/aromatic N) is 1. The van der Waals surface area contributed by atoms with Crippen molar-refractivity contribution in [2.24, 2.45) is 5.73 Å². The number of halogens is 1. The SMILES string of the molecule is CCOc1ccc(F)cc1-c1csc(C(C)N)n1. The van der Waals surface area contributed by atoms with Gasteiger partial charge in [-0.2, -0.15) is 0 Å². The number of aromatic nitrogens is 1. The van der Waals surface area contributed by atoms with Crippen molar-refractivity contribution < 1.29 is 9.13 Å². The minimum absolute atomic E-state index is 0.118. The fraction of sp³-hybridized carbons (Fsp3) is 0.308. The van der Waals surface area contributed by atoms with E-state index in [-0.39, 0.29) is 11.9 Å². The highest BCUT2D eigenvalue weighted by Gasteiger charge is 2.13. The molecule has 1 aromatic heterocycles. The van der Waals surface area contributed by atoms with Crippen LogP contribution in [0.3, 0.4) is 0 Å². The Labute approximate surface area is 109 Å². The Hall–Kier alpha value is -1.46. The molecule has 0 saturated carbocycles. The molecule has 2 aromatic rings. The maximum atomic E-state index is 13.3. The lowest BCUT2D eigenvalue weighted by atomic mass is 10.1. The van der Waals surface area contributed by atoms with Crippen molar-refractivity contribution in [1.29, 1.82) is 0 Å². The Bertz CT molecular complexity index is 540. The summed E-state index contributed by atoms with van der Waals surface area (Å²) in [7, 11) is 0. The fourth-order valence-electron chi connectivity index (χ4n) is 1.60. The van der Waals surface area contributed by atoms with Gasteiger partial charge in [0.05, 0.1) is 18.3 Å². The van der Waals surface area contributed by atoms with E-state index in [1.165, 1.54) is 23.5 Å². The first kappa shape index (κ1) is 13.0. The quantitative estimate of drug-likeness (QED) is 0.923. The predicted octanol–water partition coefficient (Wildman–Crippen LogP) is 3.37. The lowest BCUT2D eigenvalue weighted by molar-refractivity contribution is 0.341. The Morgan fingerprint density at radius 2 is 2.28 bits per heavy atom. The van der Waals surface area contributed by atoms with E-state index in [0.717, 1.165) is 5.01 Å². The minimum Gasteiger partial charge on any atom is -0.493 e. The van der Waals surface area contributed by atoms with E-state index in [1.54, 1.807) is 6.07 Å². The van der Waals surface area contributed by atoms with Gasteiger partial charge < -0.3 is 10.5 Å². The van der Waals surface area contributed by atoms with Gasteiger partial charge in [0.1, 0.15) is 16.6 Å². The molecule has 96 valence electrons. The van der Waals surface area contributed by atoms with Gasteiger partial charge in [-0.25, -0.2) is 9.37 Å². The normalized spacial score (nSPS) is 12.4. The van der Waals surface area contributed by atoms with Crippen molar-refractivity contribution in [3.8, 4) is 17.0 Å². The highest BCUT2D eigenvalue weighted by Crippen LogP contribution is 2.32. The number of benzene rings is 1. The van der Waals surface area contributed by atoms with Crippen molar-refractivity contribution >= 4 is 11.3 Å². The maximum Gasteiger partial charge on any atom is 0.128 e. The van der Waals surface area contributed by atoms with Crippen LogP contribution in [0, 0.1) is 5.82 Å². The predicted molar refractivity (Wildman–Crippen MR) is 71.3 cm³/mol. The Kier molecular flexibility index (Phi) is 3.93. The number of thiazole rings is 1. The molecule has 18 heavy (non-hydrogen) atoms. The van der Waals surface area contributed by atoms with Crippen LogP contribution in [0.2, 0.25) is 0 Å². The van der Waals surface area contributed by atoms with Gasteiger partial charge in [-0.15, -0.1) is 11.3 Å². The average molecular weight is 266 g/mol. The molecule has 0 aliphatic heterocycles. The molecular weight excluding hydrogens is 251 g/mol.